The second-order valence-corrected chi connectivity index (χ2v) is 21.3. The standard InChI is InChI=1S/C40H56O5P2/c1-37(2,3)29-23-25-35(33(27-29)39(7,8)9)43-47(32-21-17-14-18-22-32,45-46(41,42)31-19-15-13-16-20-31)44-36-26-24-30(38(4,5)6)28-34(36)40(10,11)12/h13-28,41-42,46-47H,1-12H3. The quantitative estimate of drug-likeness (QED) is 0.182. The van der Waals surface area contributed by atoms with Gasteiger partial charge in [0.1, 0.15) is 0 Å². The van der Waals surface area contributed by atoms with Crippen LogP contribution in [0, 0.1) is 0 Å². The van der Waals surface area contributed by atoms with E-state index in [0.29, 0.717) is 22.1 Å². The molecule has 4 rings (SSSR count). The van der Waals surface area contributed by atoms with E-state index in [4.69, 9.17) is 13.4 Å². The molecule has 0 fully saturated rings. The van der Waals surface area contributed by atoms with Gasteiger partial charge in [-0.3, -0.25) is 0 Å². The van der Waals surface area contributed by atoms with Crippen molar-refractivity contribution < 1.29 is 23.1 Å². The van der Waals surface area contributed by atoms with Crippen molar-refractivity contribution in [2.24, 2.45) is 0 Å². The Hall–Kier alpha value is -2.78. The number of hydrogen-bond donors (Lipinski definition) is 2. The molecule has 0 aliphatic carbocycles. The maximum atomic E-state index is 11.8. The van der Waals surface area contributed by atoms with E-state index in [0.717, 1.165) is 11.1 Å². The van der Waals surface area contributed by atoms with Crippen LogP contribution < -0.4 is 19.7 Å². The monoisotopic (exact) mass is 678 g/mol. The van der Waals surface area contributed by atoms with Gasteiger partial charge in [-0.15, -0.1) is 0 Å². The van der Waals surface area contributed by atoms with E-state index < -0.39 is 15.9 Å². The molecular weight excluding hydrogens is 622 g/mol. The summed E-state index contributed by atoms with van der Waals surface area (Å²) < 4.78 is 21.0. The van der Waals surface area contributed by atoms with E-state index in [1.54, 1.807) is 24.3 Å². The molecule has 256 valence electrons. The summed E-state index contributed by atoms with van der Waals surface area (Å²) in [5, 5.41) is 0.925. The molecule has 0 aliphatic rings. The van der Waals surface area contributed by atoms with Crippen LogP contribution in [-0.2, 0) is 26.0 Å². The van der Waals surface area contributed by atoms with E-state index in [9.17, 15) is 9.79 Å². The Kier molecular flexibility index (Phi) is 10.5. The molecule has 0 bridgehead atoms. The third kappa shape index (κ3) is 8.83. The molecule has 0 heterocycles. The molecule has 0 spiro atoms. The Balaban J connectivity index is 2.04. The molecule has 0 saturated heterocycles. The fourth-order valence-corrected chi connectivity index (χ4v) is 10.6. The zero-order valence-corrected chi connectivity index (χ0v) is 32.4. The van der Waals surface area contributed by atoms with Crippen molar-refractivity contribution in [1.82, 2.24) is 0 Å². The van der Waals surface area contributed by atoms with Crippen LogP contribution in [0.5, 0.6) is 11.5 Å². The third-order valence-corrected chi connectivity index (χ3v) is 13.7. The first-order chi connectivity index (χ1) is 21.5. The summed E-state index contributed by atoms with van der Waals surface area (Å²) in [6, 6.07) is 30.7. The van der Waals surface area contributed by atoms with E-state index in [1.807, 2.05) is 48.5 Å². The molecule has 47 heavy (non-hydrogen) atoms. The molecule has 7 heteroatoms. The number of benzene rings is 4. The predicted molar refractivity (Wildman–Crippen MR) is 203 cm³/mol. The van der Waals surface area contributed by atoms with Gasteiger partial charge in [-0.25, -0.2) is 0 Å². The molecule has 0 radical (unpaired) electrons. The molecule has 2 N–H and O–H groups in total. The van der Waals surface area contributed by atoms with Gasteiger partial charge in [0.25, 0.3) is 0 Å². The van der Waals surface area contributed by atoms with Gasteiger partial charge in [-0.2, -0.15) is 0 Å². The first kappa shape index (κ1) is 37.0. The van der Waals surface area contributed by atoms with Crippen molar-refractivity contribution in [1.29, 1.82) is 0 Å². The molecule has 0 atom stereocenters. The zero-order valence-electron chi connectivity index (χ0n) is 30.4. The van der Waals surface area contributed by atoms with Crippen LogP contribution in [0.15, 0.2) is 97.1 Å². The summed E-state index contributed by atoms with van der Waals surface area (Å²) in [6.07, 6.45) is 0. The molecule has 0 saturated carbocycles. The Labute approximate surface area is 284 Å². The SMILES string of the molecule is CC(C)(C)c1ccc(O[PH](Oc2ccc(C(C)(C)C)cc2C(C)(C)C)(O[PH](O)(O)c2ccccc2)c2ccccc2)c(C(C)(C)C)c1. The molecule has 4 aromatic carbocycles. The van der Waals surface area contributed by atoms with Crippen molar-refractivity contribution in [3.63, 3.8) is 0 Å². The van der Waals surface area contributed by atoms with Gasteiger partial charge in [-0.05, 0) is 0 Å². The minimum absolute atomic E-state index is 0.0819. The van der Waals surface area contributed by atoms with Crippen molar-refractivity contribution in [2.75, 3.05) is 0 Å². The molecule has 0 amide bonds. The normalized spacial score (nSPS) is 14.1. The summed E-state index contributed by atoms with van der Waals surface area (Å²) >= 11 is 0. The maximum absolute atomic E-state index is 11.8. The first-order valence-electron chi connectivity index (χ1n) is 16.5. The summed E-state index contributed by atoms with van der Waals surface area (Å²) in [5.74, 6) is 1.17. The Bertz CT molecular complexity index is 1580. The van der Waals surface area contributed by atoms with Gasteiger partial charge >= 0.3 is 285 Å². The van der Waals surface area contributed by atoms with Crippen LogP contribution in [0.3, 0.4) is 0 Å². The molecule has 0 unspecified atom stereocenters. The fourth-order valence-electron chi connectivity index (χ4n) is 5.42. The number of rotatable bonds is 8. The average Bonchev–Trinajstić information content (AvgIpc) is 2.96. The number of hydrogen-bond acceptors (Lipinski definition) is 5. The van der Waals surface area contributed by atoms with Gasteiger partial charge < -0.3 is 0 Å². The van der Waals surface area contributed by atoms with E-state index in [1.165, 1.54) is 11.1 Å². The van der Waals surface area contributed by atoms with E-state index >= 15 is 0 Å². The summed E-state index contributed by atoms with van der Waals surface area (Å²) in [7, 11) is -8.86. The second kappa shape index (κ2) is 13.3. The van der Waals surface area contributed by atoms with Crippen molar-refractivity contribution in [3.05, 3.63) is 119 Å². The van der Waals surface area contributed by atoms with Crippen LogP contribution >= 0.6 is 15.9 Å². The summed E-state index contributed by atoms with van der Waals surface area (Å²) in [4.78, 5) is 23.7. The molecule has 0 aliphatic heterocycles. The topological polar surface area (TPSA) is 68.2 Å². The van der Waals surface area contributed by atoms with Crippen molar-refractivity contribution >= 4 is 26.5 Å². The van der Waals surface area contributed by atoms with Gasteiger partial charge in [0, 0.05) is 0 Å². The summed E-state index contributed by atoms with van der Waals surface area (Å²) in [6.45, 7) is 26.1. The molecule has 0 aromatic heterocycles. The molecule has 5 nitrogen and oxygen atoms in total. The van der Waals surface area contributed by atoms with Crippen LogP contribution in [0.1, 0.15) is 105 Å². The van der Waals surface area contributed by atoms with Crippen LogP contribution in [-0.4, -0.2) is 9.79 Å². The fraction of sp³-hybridized carbons (Fsp3) is 0.400. The second-order valence-electron chi connectivity index (χ2n) is 16.6. The minimum atomic E-state index is -4.60. The van der Waals surface area contributed by atoms with Crippen LogP contribution in [0.25, 0.3) is 0 Å². The predicted octanol–water partition coefficient (Wildman–Crippen LogP) is 9.98. The van der Waals surface area contributed by atoms with Gasteiger partial charge in [0.2, 0.25) is 0 Å². The first-order valence-corrected chi connectivity index (χ1v) is 20.0. The van der Waals surface area contributed by atoms with Crippen LogP contribution in [0.2, 0.25) is 0 Å². The Morgan fingerprint density at radius 2 is 0.809 bits per heavy atom. The Morgan fingerprint density at radius 3 is 1.15 bits per heavy atom. The summed E-state index contributed by atoms with van der Waals surface area (Å²) in [5.41, 5.74) is 3.54. The van der Waals surface area contributed by atoms with Crippen molar-refractivity contribution in [3.8, 4) is 11.5 Å². The van der Waals surface area contributed by atoms with Gasteiger partial charge in [0.05, 0.1) is 0 Å². The zero-order chi connectivity index (χ0) is 35.1. The average molecular weight is 679 g/mol. The molecular formula is C40H56O5P2. The van der Waals surface area contributed by atoms with Gasteiger partial charge in [-0.1, -0.05) is 0 Å². The van der Waals surface area contributed by atoms with Crippen LogP contribution in [0.4, 0.5) is 0 Å². The third-order valence-electron chi connectivity index (χ3n) is 8.35. The van der Waals surface area contributed by atoms with Gasteiger partial charge in [0.15, 0.2) is 0 Å². The van der Waals surface area contributed by atoms with E-state index in [-0.39, 0.29) is 21.7 Å². The van der Waals surface area contributed by atoms with Crippen molar-refractivity contribution in [2.45, 2.75) is 105 Å². The Morgan fingerprint density at radius 1 is 0.447 bits per heavy atom. The molecule has 4 aromatic rings. The van der Waals surface area contributed by atoms with E-state index in [2.05, 4.69) is 107 Å².